The maximum atomic E-state index is 11.9. The molecule has 0 saturated carbocycles. The van der Waals surface area contributed by atoms with Crippen LogP contribution in [0.25, 0.3) is 0 Å². The normalized spacial score (nSPS) is 10.4. The van der Waals surface area contributed by atoms with Gasteiger partial charge in [0.25, 0.3) is 0 Å². The number of anilines is 1. The van der Waals surface area contributed by atoms with Crippen molar-refractivity contribution in [1.29, 1.82) is 0 Å². The summed E-state index contributed by atoms with van der Waals surface area (Å²) in [5, 5.41) is 4.08. The van der Waals surface area contributed by atoms with Crippen molar-refractivity contribution in [2.75, 3.05) is 18.9 Å². The van der Waals surface area contributed by atoms with Crippen LogP contribution in [0.5, 0.6) is 5.75 Å². The van der Waals surface area contributed by atoms with Crippen LogP contribution in [0.15, 0.2) is 30.3 Å². The van der Waals surface area contributed by atoms with Crippen molar-refractivity contribution in [2.24, 2.45) is 7.05 Å². The number of ether oxygens (including phenoxy) is 2. The molecule has 6 heteroatoms. The van der Waals surface area contributed by atoms with Gasteiger partial charge in [0, 0.05) is 13.5 Å². The smallest absolute Gasteiger partial charge is 0.358 e. The summed E-state index contributed by atoms with van der Waals surface area (Å²) in [5.41, 5.74) is 7.08. The molecule has 1 aromatic heterocycles. The third-order valence-corrected chi connectivity index (χ3v) is 3.00. The summed E-state index contributed by atoms with van der Waals surface area (Å²) in [6, 6.07) is 9.50. The molecule has 0 amide bonds. The molecule has 2 aromatic rings. The first-order valence-electron chi connectivity index (χ1n) is 6.73. The van der Waals surface area contributed by atoms with Crippen molar-refractivity contribution >= 4 is 11.7 Å². The summed E-state index contributed by atoms with van der Waals surface area (Å²) < 4.78 is 12.1. The van der Waals surface area contributed by atoms with Crippen molar-refractivity contribution in [1.82, 2.24) is 9.78 Å². The van der Waals surface area contributed by atoms with E-state index in [0.29, 0.717) is 24.4 Å². The van der Waals surface area contributed by atoms with Gasteiger partial charge in [-0.05, 0) is 19.1 Å². The standard InChI is InChI=1S/C15H19N3O3/c1-11-13(16)14(18(2)17-11)15(19)21-10-6-9-20-12-7-4-3-5-8-12/h3-5,7-8H,6,9-10,16H2,1-2H3. The summed E-state index contributed by atoms with van der Waals surface area (Å²) in [7, 11) is 1.67. The van der Waals surface area contributed by atoms with Crippen LogP contribution in [0, 0.1) is 6.92 Å². The summed E-state index contributed by atoms with van der Waals surface area (Å²) in [5.74, 6) is 0.339. The highest BCUT2D eigenvalue weighted by atomic mass is 16.5. The van der Waals surface area contributed by atoms with Gasteiger partial charge in [0.1, 0.15) is 5.75 Å². The van der Waals surface area contributed by atoms with Gasteiger partial charge in [-0.15, -0.1) is 0 Å². The van der Waals surface area contributed by atoms with E-state index >= 15 is 0 Å². The molecule has 2 rings (SSSR count). The fourth-order valence-corrected chi connectivity index (χ4v) is 1.92. The van der Waals surface area contributed by atoms with Crippen molar-refractivity contribution in [3.05, 3.63) is 41.7 Å². The first kappa shape index (κ1) is 14.9. The van der Waals surface area contributed by atoms with Crippen LogP contribution in [-0.2, 0) is 11.8 Å². The molecule has 0 aliphatic carbocycles. The lowest BCUT2D eigenvalue weighted by Crippen LogP contribution is -2.14. The molecule has 0 unspecified atom stereocenters. The van der Waals surface area contributed by atoms with E-state index in [-0.39, 0.29) is 12.3 Å². The van der Waals surface area contributed by atoms with Gasteiger partial charge in [-0.1, -0.05) is 18.2 Å². The van der Waals surface area contributed by atoms with Crippen LogP contribution in [0.3, 0.4) is 0 Å². The average Bonchev–Trinajstić information content (AvgIpc) is 2.73. The summed E-state index contributed by atoms with van der Waals surface area (Å²) in [6.07, 6.45) is 0.609. The third kappa shape index (κ3) is 3.75. The Hall–Kier alpha value is -2.50. The molecule has 1 heterocycles. The van der Waals surface area contributed by atoms with E-state index in [4.69, 9.17) is 15.2 Å². The molecular formula is C15H19N3O3. The summed E-state index contributed by atoms with van der Waals surface area (Å²) in [4.78, 5) is 11.9. The number of carbonyl (C=O) groups is 1. The van der Waals surface area contributed by atoms with Gasteiger partial charge >= 0.3 is 5.97 Å². The highest BCUT2D eigenvalue weighted by molar-refractivity contribution is 5.93. The number of hydrogen-bond donors (Lipinski definition) is 1. The molecule has 0 aliphatic heterocycles. The highest BCUT2D eigenvalue weighted by Crippen LogP contribution is 2.16. The van der Waals surface area contributed by atoms with Gasteiger partial charge in [0.2, 0.25) is 0 Å². The Balaban J connectivity index is 1.75. The maximum Gasteiger partial charge on any atom is 0.358 e. The van der Waals surface area contributed by atoms with Gasteiger partial charge in [0.05, 0.1) is 24.6 Å². The number of para-hydroxylation sites is 1. The van der Waals surface area contributed by atoms with Gasteiger partial charge in [-0.3, -0.25) is 4.68 Å². The van der Waals surface area contributed by atoms with Crippen LogP contribution in [0.2, 0.25) is 0 Å². The zero-order chi connectivity index (χ0) is 15.2. The number of aromatic nitrogens is 2. The van der Waals surface area contributed by atoms with E-state index in [1.165, 1.54) is 4.68 Å². The molecule has 1 aromatic carbocycles. The minimum absolute atomic E-state index is 0.273. The van der Waals surface area contributed by atoms with Crippen molar-refractivity contribution in [3.63, 3.8) is 0 Å². The quantitative estimate of drug-likeness (QED) is 0.649. The molecule has 112 valence electrons. The van der Waals surface area contributed by atoms with E-state index in [9.17, 15) is 4.79 Å². The zero-order valence-electron chi connectivity index (χ0n) is 12.2. The third-order valence-electron chi connectivity index (χ3n) is 3.00. The SMILES string of the molecule is Cc1nn(C)c(C(=O)OCCCOc2ccccc2)c1N. The molecular weight excluding hydrogens is 270 g/mol. The molecule has 0 atom stereocenters. The highest BCUT2D eigenvalue weighted by Gasteiger charge is 2.18. The van der Waals surface area contributed by atoms with E-state index in [2.05, 4.69) is 5.10 Å². The lowest BCUT2D eigenvalue weighted by Gasteiger charge is -2.07. The second-order valence-corrected chi connectivity index (χ2v) is 4.62. The van der Waals surface area contributed by atoms with Crippen LogP contribution in [0.1, 0.15) is 22.6 Å². The number of esters is 1. The fourth-order valence-electron chi connectivity index (χ4n) is 1.92. The number of nitrogen functional groups attached to an aromatic ring is 1. The number of nitrogens with two attached hydrogens (primary N) is 1. The number of rotatable bonds is 6. The lowest BCUT2D eigenvalue weighted by atomic mass is 10.3. The molecule has 0 bridgehead atoms. The van der Waals surface area contributed by atoms with Crippen molar-refractivity contribution in [2.45, 2.75) is 13.3 Å². The fraction of sp³-hybridized carbons (Fsp3) is 0.333. The number of aryl methyl sites for hydroxylation is 2. The average molecular weight is 289 g/mol. The van der Waals surface area contributed by atoms with Gasteiger partial charge in [-0.25, -0.2) is 4.79 Å². The monoisotopic (exact) mass is 289 g/mol. The number of benzene rings is 1. The lowest BCUT2D eigenvalue weighted by molar-refractivity contribution is 0.0474. The molecule has 21 heavy (non-hydrogen) atoms. The first-order chi connectivity index (χ1) is 10.1. The van der Waals surface area contributed by atoms with Crippen molar-refractivity contribution in [3.8, 4) is 5.75 Å². The summed E-state index contributed by atoms with van der Waals surface area (Å²) in [6.45, 7) is 2.51. The number of hydrogen-bond acceptors (Lipinski definition) is 5. The van der Waals surface area contributed by atoms with E-state index < -0.39 is 5.97 Å². The van der Waals surface area contributed by atoms with Crippen molar-refractivity contribution < 1.29 is 14.3 Å². The van der Waals surface area contributed by atoms with Gasteiger partial charge in [0.15, 0.2) is 5.69 Å². The number of nitrogens with zero attached hydrogens (tertiary/aromatic N) is 2. The predicted octanol–water partition coefficient (Wildman–Crippen LogP) is 1.94. The molecule has 0 fully saturated rings. The zero-order valence-corrected chi connectivity index (χ0v) is 12.2. The first-order valence-corrected chi connectivity index (χ1v) is 6.73. The Morgan fingerprint density at radius 2 is 2.00 bits per heavy atom. The Labute approximate surface area is 123 Å². The summed E-state index contributed by atoms with van der Waals surface area (Å²) >= 11 is 0. The van der Waals surface area contributed by atoms with Crippen LogP contribution in [0.4, 0.5) is 5.69 Å². The van der Waals surface area contributed by atoms with Gasteiger partial charge < -0.3 is 15.2 Å². The van der Waals surface area contributed by atoms with E-state index in [1.807, 2.05) is 30.3 Å². The Morgan fingerprint density at radius 1 is 1.29 bits per heavy atom. The van der Waals surface area contributed by atoms with Gasteiger partial charge in [-0.2, -0.15) is 5.10 Å². The minimum atomic E-state index is -0.463. The predicted molar refractivity (Wildman–Crippen MR) is 79.2 cm³/mol. The minimum Gasteiger partial charge on any atom is -0.493 e. The molecule has 2 N–H and O–H groups in total. The maximum absolute atomic E-state index is 11.9. The van der Waals surface area contributed by atoms with Crippen LogP contribution in [-0.4, -0.2) is 29.0 Å². The van der Waals surface area contributed by atoms with E-state index in [0.717, 1.165) is 5.75 Å². The number of carbonyl (C=O) groups excluding carboxylic acids is 1. The second kappa shape index (κ2) is 6.78. The molecule has 0 aliphatic rings. The molecule has 6 nitrogen and oxygen atoms in total. The Morgan fingerprint density at radius 3 is 2.62 bits per heavy atom. The van der Waals surface area contributed by atoms with Crippen LogP contribution < -0.4 is 10.5 Å². The topological polar surface area (TPSA) is 79.4 Å². The van der Waals surface area contributed by atoms with Crippen LogP contribution >= 0.6 is 0 Å². The Kier molecular flexibility index (Phi) is 4.81. The second-order valence-electron chi connectivity index (χ2n) is 4.62. The largest absolute Gasteiger partial charge is 0.493 e. The molecule has 0 saturated heterocycles. The Bertz CT molecular complexity index is 608. The molecule has 0 spiro atoms. The van der Waals surface area contributed by atoms with E-state index in [1.54, 1.807) is 14.0 Å². The molecule has 0 radical (unpaired) electrons.